The van der Waals surface area contributed by atoms with E-state index in [0.29, 0.717) is 0 Å². The van der Waals surface area contributed by atoms with Crippen molar-refractivity contribution in [2.24, 2.45) is 0 Å². The van der Waals surface area contributed by atoms with Gasteiger partial charge in [0.15, 0.2) is 0 Å². The Morgan fingerprint density at radius 3 is 1.76 bits per heavy atom. The number of halogens is 5. The Balaban J connectivity index is 3.46. The molecule has 0 unspecified atom stereocenters. The third kappa shape index (κ3) is 4.05. The van der Waals surface area contributed by atoms with Crippen molar-refractivity contribution < 1.29 is 19.8 Å². The van der Waals surface area contributed by atoms with Crippen LogP contribution in [0.25, 0.3) is 5.76 Å². The van der Waals surface area contributed by atoms with Crippen molar-refractivity contribution in [3.05, 3.63) is 48.9 Å². The fourth-order valence-corrected chi connectivity index (χ4v) is 2.39. The summed E-state index contributed by atoms with van der Waals surface area (Å²) in [5.74, 6) is -3.94. The summed E-state index contributed by atoms with van der Waals surface area (Å²) in [6.07, 6.45) is 0. The molecule has 0 spiro atoms. The lowest BCUT2D eigenvalue weighted by molar-refractivity contribution is -0.146. The molecule has 0 amide bonds. The van der Waals surface area contributed by atoms with Crippen LogP contribution < -0.4 is 0 Å². The molecule has 0 aliphatic carbocycles. The van der Waals surface area contributed by atoms with Crippen LogP contribution in [0.3, 0.4) is 0 Å². The molecule has 0 radical (unpaired) electrons. The fraction of sp³-hybridized carbons (Fsp3) is 0. The number of aliphatic hydroxyl groups is 1. The maximum absolute atomic E-state index is 11.2. The zero-order chi connectivity index (χ0) is 16.3. The number of ketones is 1. The molecule has 4 nitrogen and oxygen atoms in total. The minimum atomic E-state index is -1.82. The number of hydrogen-bond donors (Lipinski definition) is 2. The summed E-state index contributed by atoms with van der Waals surface area (Å²) in [5, 5.41) is 16.7. The summed E-state index contributed by atoms with van der Waals surface area (Å²) < 4.78 is 0. The third-order valence-corrected chi connectivity index (χ3v) is 4.12. The number of carboxylic acids is 1. The highest BCUT2D eigenvalue weighted by atomic mass is 35.5. The minimum absolute atomic E-state index is 0.0313. The molecule has 0 bridgehead atoms. The number of benzene rings is 1. The minimum Gasteiger partial charge on any atom is -0.506 e. The normalized spacial score (nSPS) is 13.4. The molecule has 1 aromatic carbocycles. The van der Waals surface area contributed by atoms with Crippen LogP contribution in [0.15, 0.2) is 33.3 Å². The van der Waals surface area contributed by atoms with Crippen molar-refractivity contribution in [3.63, 3.8) is 0 Å². The number of carbonyl (C=O) groups excluding carboxylic acids is 1. The molecule has 0 aromatic heterocycles. The van der Waals surface area contributed by atoms with Crippen molar-refractivity contribution in [2.75, 3.05) is 0 Å². The first-order chi connectivity index (χ1) is 9.68. The molecule has 1 aromatic rings. The number of hydrogen-bond acceptors (Lipinski definition) is 3. The fourth-order valence-electron chi connectivity index (χ4n) is 1.23. The van der Waals surface area contributed by atoms with Gasteiger partial charge < -0.3 is 10.2 Å². The van der Waals surface area contributed by atoms with E-state index in [1.807, 2.05) is 0 Å². The maximum atomic E-state index is 11.2. The van der Waals surface area contributed by atoms with E-state index in [0.717, 1.165) is 0 Å². The summed E-state index contributed by atoms with van der Waals surface area (Å²) in [6.45, 7) is 0. The quantitative estimate of drug-likeness (QED) is 0.335. The number of rotatable bonds is 4. The molecule has 0 aliphatic heterocycles. The van der Waals surface area contributed by atoms with Gasteiger partial charge in [-0.2, -0.15) is 0 Å². The molecule has 112 valence electrons. The molecule has 0 saturated heterocycles. The van der Waals surface area contributed by atoms with Crippen molar-refractivity contribution in [1.82, 2.24) is 0 Å². The van der Waals surface area contributed by atoms with Gasteiger partial charge in [0.25, 0.3) is 5.78 Å². The second-order valence-corrected chi connectivity index (χ2v) is 5.47. The van der Waals surface area contributed by atoms with Gasteiger partial charge in [-0.25, -0.2) is 4.79 Å². The molecule has 9 heteroatoms. The number of aliphatic hydroxyl groups excluding tert-OH is 1. The average Bonchev–Trinajstić information content (AvgIpc) is 2.43. The van der Waals surface area contributed by atoms with Crippen LogP contribution in [-0.4, -0.2) is 22.0 Å². The molecule has 2 N–H and O–H groups in total. The van der Waals surface area contributed by atoms with E-state index in [1.54, 1.807) is 0 Å². The van der Waals surface area contributed by atoms with Crippen LogP contribution in [0.4, 0.5) is 0 Å². The summed E-state index contributed by atoms with van der Waals surface area (Å²) in [5.41, 5.74) is -0.0313. The van der Waals surface area contributed by atoms with Crippen molar-refractivity contribution in [1.29, 1.82) is 0 Å². The van der Waals surface area contributed by atoms with Gasteiger partial charge in [0.1, 0.15) is 15.8 Å². The van der Waals surface area contributed by atoms with Crippen molar-refractivity contribution in [2.45, 2.75) is 0 Å². The van der Waals surface area contributed by atoms with Gasteiger partial charge in [0.05, 0.1) is 20.6 Å². The Hall–Kier alpha value is -0.910. The Labute approximate surface area is 144 Å². The van der Waals surface area contributed by atoms with Crippen molar-refractivity contribution in [3.8, 4) is 0 Å². The predicted octanol–water partition coefficient (Wildman–Crippen LogP) is 4.80. The van der Waals surface area contributed by atoms with E-state index < -0.39 is 32.6 Å². The Morgan fingerprint density at radius 1 is 0.857 bits per heavy atom. The SMILES string of the molecule is O=C(O)C(=O)/C(Cl)=C(Cl)/C(Cl)=C(\O)c1c(Cl)cccc1Cl. The zero-order valence-electron chi connectivity index (χ0n) is 9.83. The number of carbonyl (C=O) groups is 2. The molecule has 1 rings (SSSR count). The average molecular weight is 390 g/mol. The van der Waals surface area contributed by atoms with Gasteiger partial charge in [-0.1, -0.05) is 64.1 Å². The van der Waals surface area contributed by atoms with Gasteiger partial charge in [-0.05, 0) is 12.1 Å². The van der Waals surface area contributed by atoms with Crippen LogP contribution >= 0.6 is 58.0 Å². The van der Waals surface area contributed by atoms with E-state index in [1.165, 1.54) is 18.2 Å². The van der Waals surface area contributed by atoms with E-state index in [-0.39, 0.29) is 15.6 Å². The summed E-state index contributed by atoms with van der Waals surface area (Å²) in [4.78, 5) is 21.7. The second-order valence-electron chi connectivity index (χ2n) is 3.52. The number of aliphatic carboxylic acids is 1. The lowest BCUT2D eigenvalue weighted by Gasteiger charge is -2.09. The monoisotopic (exact) mass is 388 g/mol. The van der Waals surface area contributed by atoms with Gasteiger partial charge in [0, 0.05) is 0 Å². The lowest BCUT2D eigenvalue weighted by atomic mass is 10.1. The highest BCUT2D eigenvalue weighted by Crippen LogP contribution is 2.36. The van der Waals surface area contributed by atoms with Gasteiger partial charge >= 0.3 is 5.97 Å². The first-order valence-corrected chi connectivity index (χ1v) is 6.93. The molecule has 0 atom stereocenters. The number of carboxylic acid groups (broad SMARTS) is 1. The summed E-state index contributed by atoms with van der Waals surface area (Å²) >= 11 is 28.7. The number of allylic oxidation sites excluding steroid dienone is 2. The Bertz CT molecular complexity index is 658. The zero-order valence-corrected chi connectivity index (χ0v) is 13.6. The van der Waals surface area contributed by atoms with Gasteiger partial charge in [-0.15, -0.1) is 0 Å². The Morgan fingerprint density at radius 2 is 1.33 bits per heavy atom. The molecular formula is C12H5Cl5O4. The van der Waals surface area contributed by atoms with Gasteiger partial charge in [0.2, 0.25) is 0 Å². The van der Waals surface area contributed by atoms with Crippen LogP contribution in [0.5, 0.6) is 0 Å². The molecule has 21 heavy (non-hydrogen) atoms. The van der Waals surface area contributed by atoms with Crippen molar-refractivity contribution >= 4 is 75.5 Å². The highest BCUT2D eigenvalue weighted by molar-refractivity contribution is 6.61. The third-order valence-electron chi connectivity index (χ3n) is 2.19. The first-order valence-electron chi connectivity index (χ1n) is 5.04. The molecule has 0 heterocycles. The topological polar surface area (TPSA) is 74.6 Å². The van der Waals surface area contributed by atoms with E-state index in [9.17, 15) is 14.7 Å². The van der Waals surface area contributed by atoms with E-state index in [2.05, 4.69) is 0 Å². The second kappa shape index (κ2) is 7.38. The molecule has 0 saturated carbocycles. The van der Waals surface area contributed by atoms with Crippen LogP contribution in [0, 0.1) is 0 Å². The van der Waals surface area contributed by atoms with Crippen LogP contribution in [0.1, 0.15) is 5.56 Å². The standard InChI is InChI=1S/C12H5Cl5O4/c13-4-2-1-3-5(14)6(4)10(18)8(16)7(15)9(17)11(19)12(20)21/h1-3,18H,(H,20,21)/b9-7+,10-8+. The highest BCUT2D eigenvalue weighted by Gasteiger charge is 2.24. The van der Waals surface area contributed by atoms with Crippen LogP contribution in [0.2, 0.25) is 10.0 Å². The summed E-state index contributed by atoms with van der Waals surface area (Å²) in [7, 11) is 0. The van der Waals surface area contributed by atoms with Crippen LogP contribution in [-0.2, 0) is 9.59 Å². The number of Topliss-reactive ketones (excluding diaryl/α,β-unsaturated/α-hetero) is 1. The molecular weight excluding hydrogens is 385 g/mol. The maximum Gasteiger partial charge on any atom is 0.378 e. The lowest BCUT2D eigenvalue weighted by Crippen LogP contribution is -2.13. The molecule has 0 aliphatic rings. The van der Waals surface area contributed by atoms with Gasteiger partial charge in [-0.3, -0.25) is 4.79 Å². The molecule has 0 fully saturated rings. The summed E-state index contributed by atoms with van der Waals surface area (Å²) in [6, 6.07) is 4.41. The van der Waals surface area contributed by atoms with E-state index >= 15 is 0 Å². The van der Waals surface area contributed by atoms with E-state index in [4.69, 9.17) is 63.1 Å². The first kappa shape index (κ1) is 18.1. The smallest absolute Gasteiger partial charge is 0.378 e. The Kier molecular flexibility index (Phi) is 6.38. The predicted molar refractivity (Wildman–Crippen MR) is 83.2 cm³/mol. The largest absolute Gasteiger partial charge is 0.506 e.